The van der Waals surface area contributed by atoms with Crippen LogP contribution in [0.2, 0.25) is 0 Å². The molecule has 0 bridgehead atoms. The van der Waals surface area contributed by atoms with E-state index >= 15 is 0 Å². The van der Waals surface area contributed by atoms with Gasteiger partial charge in [-0.2, -0.15) is 9.78 Å². The number of alkyl halides is 2. The van der Waals surface area contributed by atoms with Crippen molar-refractivity contribution in [2.24, 2.45) is 12.8 Å². The third kappa shape index (κ3) is 4.19. The van der Waals surface area contributed by atoms with Crippen LogP contribution in [0, 0.1) is 17.0 Å². The van der Waals surface area contributed by atoms with E-state index in [1.807, 2.05) is 0 Å². The predicted octanol–water partition coefficient (Wildman–Crippen LogP) is 2.79. The van der Waals surface area contributed by atoms with E-state index in [0.717, 1.165) is 22.1 Å². The highest BCUT2D eigenvalue weighted by Gasteiger charge is 2.26. The fourth-order valence-corrected chi connectivity index (χ4v) is 4.48. The monoisotopic (exact) mass is 490 g/mol. The van der Waals surface area contributed by atoms with Gasteiger partial charge < -0.3 is 21.2 Å². The zero-order chi connectivity index (χ0) is 24.7. The van der Waals surface area contributed by atoms with Crippen LogP contribution in [-0.2, 0) is 18.4 Å². The van der Waals surface area contributed by atoms with Crippen LogP contribution in [0.3, 0.4) is 0 Å². The summed E-state index contributed by atoms with van der Waals surface area (Å²) in [6.45, 7) is 1.28. The number of amides is 2. The fourth-order valence-electron chi connectivity index (χ4n) is 3.46. The Morgan fingerprint density at radius 2 is 2.06 bits per heavy atom. The Bertz CT molecular complexity index is 1460. The smallest absolute Gasteiger partial charge is 0.365 e. The van der Waals surface area contributed by atoms with Gasteiger partial charge in [0.15, 0.2) is 0 Å². The van der Waals surface area contributed by atoms with Crippen molar-refractivity contribution in [2.45, 2.75) is 19.9 Å². The van der Waals surface area contributed by atoms with Crippen LogP contribution in [0.4, 0.5) is 20.3 Å². The number of hydrogen-bond donors (Lipinski definition) is 2. The van der Waals surface area contributed by atoms with Crippen LogP contribution in [0.1, 0.15) is 27.5 Å². The molecule has 0 aliphatic rings. The van der Waals surface area contributed by atoms with Crippen molar-refractivity contribution < 1.29 is 23.3 Å². The molecule has 12 nitrogen and oxygen atoms in total. The maximum atomic E-state index is 13.6. The van der Waals surface area contributed by atoms with E-state index in [4.69, 9.17) is 5.73 Å². The maximum absolute atomic E-state index is 13.6. The molecule has 0 saturated heterocycles. The van der Waals surface area contributed by atoms with Gasteiger partial charge in [-0.05, 0) is 23.5 Å². The first kappa shape index (κ1) is 22.9. The number of nitrogens with zero attached hydrogens (tertiary/aromatic N) is 6. The van der Waals surface area contributed by atoms with Crippen molar-refractivity contribution in [3.8, 4) is 11.1 Å². The predicted molar refractivity (Wildman–Crippen MR) is 118 cm³/mol. The largest absolute Gasteiger partial charge is 0.389 e. The van der Waals surface area contributed by atoms with Gasteiger partial charge in [0.2, 0.25) is 5.91 Å². The number of aromatic nitrogens is 5. The summed E-state index contributed by atoms with van der Waals surface area (Å²) in [5.74, 6) is -2.00. The molecular weight excluding hydrogens is 474 g/mol. The van der Waals surface area contributed by atoms with Crippen molar-refractivity contribution in [3.05, 3.63) is 50.9 Å². The molecule has 0 saturated carbocycles. The number of thiophene rings is 1. The molecule has 0 aromatic carbocycles. The van der Waals surface area contributed by atoms with Gasteiger partial charge in [-0.25, -0.2) is 13.8 Å². The highest BCUT2D eigenvalue weighted by atomic mass is 32.1. The number of anilines is 1. The zero-order valence-electron chi connectivity index (χ0n) is 17.7. The van der Waals surface area contributed by atoms with Crippen LogP contribution in [0.15, 0.2) is 24.5 Å². The number of nitrogens with one attached hydrogen (secondary N) is 1. The number of primary amides is 1. The Morgan fingerprint density at radius 3 is 2.62 bits per heavy atom. The lowest BCUT2D eigenvalue weighted by Gasteiger charge is -2.10. The molecule has 0 aliphatic carbocycles. The van der Waals surface area contributed by atoms with Crippen LogP contribution >= 0.6 is 11.3 Å². The highest BCUT2D eigenvalue weighted by Crippen LogP contribution is 2.43. The summed E-state index contributed by atoms with van der Waals surface area (Å²) in [7, 11) is 1.66. The molecule has 4 aromatic rings. The van der Waals surface area contributed by atoms with Crippen LogP contribution in [0.25, 0.3) is 21.3 Å². The van der Waals surface area contributed by atoms with Crippen molar-refractivity contribution in [2.75, 3.05) is 5.32 Å². The van der Waals surface area contributed by atoms with Crippen molar-refractivity contribution in [3.63, 3.8) is 0 Å². The summed E-state index contributed by atoms with van der Waals surface area (Å²) in [6, 6.07) is 2.31. The lowest BCUT2D eigenvalue weighted by Crippen LogP contribution is -2.21. The molecule has 0 fully saturated rings. The Kier molecular flexibility index (Phi) is 5.78. The minimum absolute atomic E-state index is 0.00530. The molecule has 4 aromatic heterocycles. The quantitative estimate of drug-likeness (QED) is 0.297. The van der Waals surface area contributed by atoms with Crippen molar-refractivity contribution >= 4 is 44.9 Å². The first-order chi connectivity index (χ1) is 16.0. The summed E-state index contributed by atoms with van der Waals surface area (Å²) in [5.41, 5.74) is 6.32. The molecule has 0 spiro atoms. The van der Waals surface area contributed by atoms with Gasteiger partial charge in [0.05, 0.1) is 28.7 Å². The molecule has 3 N–H and O–H groups in total. The third-order valence-corrected chi connectivity index (χ3v) is 5.91. The minimum atomic E-state index is -2.88. The third-order valence-electron chi connectivity index (χ3n) is 4.82. The number of pyridine rings is 1. The summed E-state index contributed by atoms with van der Waals surface area (Å²) in [4.78, 5) is 38.9. The van der Waals surface area contributed by atoms with E-state index in [2.05, 4.69) is 20.5 Å². The van der Waals surface area contributed by atoms with Gasteiger partial charge >= 0.3 is 5.82 Å². The van der Waals surface area contributed by atoms with E-state index in [0.29, 0.717) is 16.8 Å². The lowest BCUT2D eigenvalue weighted by atomic mass is 10.0. The Morgan fingerprint density at radius 1 is 1.32 bits per heavy atom. The molecule has 0 aliphatic heterocycles. The lowest BCUT2D eigenvalue weighted by molar-refractivity contribution is -0.389. The number of nitro groups is 1. The van der Waals surface area contributed by atoms with Crippen LogP contribution in [0.5, 0.6) is 0 Å². The summed E-state index contributed by atoms with van der Waals surface area (Å²) < 4.78 is 29.7. The SMILES string of the molecule is Cc1nn(C)cc1-c1cc(C(F)F)nc2sc(C(N)=O)c(NC(=O)Cn3ccc([N+](=O)[O-])n3)c12. The van der Waals surface area contributed by atoms with E-state index in [-0.39, 0.29) is 20.8 Å². The van der Waals surface area contributed by atoms with Gasteiger partial charge in [-0.1, -0.05) is 0 Å². The molecule has 15 heteroatoms. The van der Waals surface area contributed by atoms with Gasteiger partial charge in [0, 0.05) is 24.2 Å². The van der Waals surface area contributed by atoms with Gasteiger partial charge in [-0.15, -0.1) is 11.3 Å². The molecule has 4 rings (SSSR count). The molecule has 0 atom stereocenters. The molecule has 4 heterocycles. The number of carbonyl (C=O) groups is 2. The second-order valence-electron chi connectivity index (χ2n) is 7.22. The molecule has 0 unspecified atom stereocenters. The molecule has 176 valence electrons. The number of hydrogen-bond acceptors (Lipinski definition) is 8. The fraction of sp³-hybridized carbons (Fsp3) is 0.211. The molecular formula is C19H16F2N8O4S. The van der Waals surface area contributed by atoms with E-state index < -0.39 is 41.2 Å². The summed E-state index contributed by atoms with van der Waals surface area (Å²) in [6.07, 6.45) is -0.0118. The first-order valence-electron chi connectivity index (χ1n) is 9.58. The summed E-state index contributed by atoms with van der Waals surface area (Å²) >= 11 is 0.769. The second kappa shape index (κ2) is 8.58. The summed E-state index contributed by atoms with van der Waals surface area (Å²) in [5, 5.41) is 21.5. The Labute approximate surface area is 193 Å². The number of rotatable bonds is 7. The van der Waals surface area contributed by atoms with E-state index in [1.54, 1.807) is 20.2 Å². The normalized spacial score (nSPS) is 11.3. The van der Waals surface area contributed by atoms with Crippen LogP contribution in [-0.4, -0.2) is 41.3 Å². The Balaban J connectivity index is 1.85. The second-order valence-corrected chi connectivity index (χ2v) is 8.22. The average molecular weight is 490 g/mol. The number of halogens is 2. The standard InChI is InChI=1S/C19H16F2N8O4S/c1-8-10(6-27(2)25-8)9-5-11(17(20)21)23-19-14(9)15(16(34-19)18(22)31)24-13(30)7-28-4-3-12(26-28)29(32)33/h3-6,17H,7H2,1-2H3,(H2,22,31)(H,24,30). The average Bonchev–Trinajstić information content (AvgIpc) is 3.44. The van der Waals surface area contributed by atoms with Crippen molar-refractivity contribution in [1.82, 2.24) is 24.5 Å². The van der Waals surface area contributed by atoms with Gasteiger partial charge in [0.1, 0.15) is 21.9 Å². The number of nitrogens with two attached hydrogens (primary N) is 1. The molecule has 0 radical (unpaired) electrons. The van der Waals surface area contributed by atoms with E-state index in [1.165, 1.54) is 16.9 Å². The molecule has 34 heavy (non-hydrogen) atoms. The van der Waals surface area contributed by atoms with Crippen LogP contribution < -0.4 is 11.1 Å². The number of carbonyl (C=O) groups excluding carboxylic acids is 2. The van der Waals surface area contributed by atoms with Crippen molar-refractivity contribution in [1.29, 1.82) is 0 Å². The minimum Gasteiger partial charge on any atom is -0.365 e. The van der Waals surface area contributed by atoms with Gasteiger partial charge in [0.25, 0.3) is 12.3 Å². The van der Waals surface area contributed by atoms with Gasteiger partial charge in [-0.3, -0.25) is 14.3 Å². The Hall–Kier alpha value is -4.27. The zero-order valence-corrected chi connectivity index (χ0v) is 18.5. The number of aryl methyl sites for hydroxylation is 2. The van der Waals surface area contributed by atoms with E-state index in [9.17, 15) is 28.5 Å². The highest BCUT2D eigenvalue weighted by molar-refractivity contribution is 7.21. The number of fused-ring (bicyclic) bond motifs is 1. The molecule has 2 amide bonds. The topological polar surface area (TPSA) is 164 Å². The maximum Gasteiger partial charge on any atom is 0.389 e. The first-order valence-corrected chi connectivity index (χ1v) is 10.4.